The minimum absolute atomic E-state index is 0.678. The number of hydrogen-bond donors (Lipinski definition) is 2. The lowest BCUT2D eigenvalue weighted by atomic mass is 10.4. The van der Waals surface area contributed by atoms with Gasteiger partial charge in [0.05, 0.1) is 17.7 Å². The number of nitrogens with one attached hydrogen (secondary N) is 2. The number of ether oxygens (including phenoxy) is 1. The molecule has 1 aromatic heterocycles. The van der Waals surface area contributed by atoms with Crippen LogP contribution in [0.5, 0.6) is 0 Å². The molecule has 0 aliphatic carbocycles. The smallest absolute Gasteiger partial charge is 0.191 e. The summed E-state index contributed by atoms with van der Waals surface area (Å²) in [6.45, 7) is 10.1. The Bertz CT molecular complexity index is 378. The summed E-state index contributed by atoms with van der Waals surface area (Å²) in [6.07, 6.45) is 0.984. The van der Waals surface area contributed by atoms with Gasteiger partial charge < -0.3 is 15.4 Å². The van der Waals surface area contributed by atoms with Gasteiger partial charge in [-0.15, -0.1) is 11.3 Å². The molecule has 0 amide bonds. The normalized spacial score (nSPS) is 11.6. The molecule has 19 heavy (non-hydrogen) atoms. The second-order valence-corrected chi connectivity index (χ2v) is 4.97. The molecule has 1 rings (SSSR count). The van der Waals surface area contributed by atoms with Crippen LogP contribution in [-0.2, 0) is 11.3 Å². The van der Waals surface area contributed by atoms with Crippen molar-refractivity contribution < 1.29 is 4.74 Å². The summed E-state index contributed by atoms with van der Waals surface area (Å²) in [6, 6.07) is 0. The zero-order valence-corrected chi connectivity index (χ0v) is 12.8. The lowest BCUT2D eigenvalue weighted by Crippen LogP contribution is -2.38. The van der Waals surface area contributed by atoms with Crippen molar-refractivity contribution in [2.75, 3.05) is 26.3 Å². The summed E-state index contributed by atoms with van der Waals surface area (Å²) in [5.74, 6) is 0.854. The molecule has 6 heteroatoms. The van der Waals surface area contributed by atoms with Crippen LogP contribution >= 0.6 is 11.3 Å². The minimum atomic E-state index is 0.678. The van der Waals surface area contributed by atoms with E-state index in [4.69, 9.17) is 4.74 Å². The molecule has 0 saturated carbocycles. The summed E-state index contributed by atoms with van der Waals surface area (Å²) >= 11 is 1.65. The maximum atomic E-state index is 5.30. The van der Waals surface area contributed by atoms with Crippen LogP contribution in [-0.4, -0.2) is 37.2 Å². The molecule has 1 heterocycles. The second-order valence-electron chi connectivity index (χ2n) is 4.03. The molecule has 0 aromatic carbocycles. The van der Waals surface area contributed by atoms with Gasteiger partial charge in [-0.05, 0) is 27.2 Å². The van der Waals surface area contributed by atoms with Crippen molar-refractivity contribution in [3.05, 3.63) is 16.1 Å². The lowest BCUT2D eigenvalue weighted by molar-refractivity contribution is 0.145. The Hall–Kier alpha value is -1.14. The van der Waals surface area contributed by atoms with Gasteiger partial charge in [-0.3, -0.25) is 0 Å². The Morgan fingerprint density at radius 3 is 2.89 bits per heavy atom. The van der Waals surface area contributed by atoms with Crippen LogP contribution in [0.15, 0.2) is 10.5 Å². The highest BCUT2D eigenvalue weighted by atomic mass is 32.1. The summed E-state index contributed by atoms with van der Waals surface area (Å²) in [5.41, 5.74) is 2.93. The number of thiazole rings is 1. The van der Waals surface area contributed by atoms with Gasteiger partial charge in [-0.2, -0.15) is 0 Å². The number of aromatic nitrogens is 1. The van der Waals surface area contributed by atoms with Crippen LogP contribution < -0.4 is 10.6 Å². The predicted molar refractivity (Wildman–Crippen MR) is 80.8 cm³/mol. The highest BCUT2D eigenvalue weighted by Gasteiger charge is 2.01. The van der Waals surface area contributed by atoms with Gasteiger partial charge in [-0.25, -0.2) is 9.98 Å². The molecule has 0 radical (unpaired) electrons. The van der Waals surface area contributed by atoms with Crippen LogP contribution in [0.4, 0.5) is 0 Å². The number of guanidine groups is 1. The van der Waals surface area contributed by atoms with Gasteiger partial charge in [0, 0.05) is 31.2 Å². The third kappa shape index (κ3) is 6.54. The first-order valence-electron chi connectivity index (χ1n) is 6.76. The first-order valence-corrected chi connectivity index (χ1v) is 7.64. The summed E-state index contributed by atoms with van der Waals surface area (Å²) in [7, 11) is 0. The van der Waals surface area contributed by atoms with Gasteiger partial charge >= 0.3 is 0 Å². The third-order valence-corrected chi connectivity index (χ3v) is 3.45. The lowest BCUT2D eigenvalue weighted by Gasteiger charge is -2.11. The zero-order chi connectivity index (χ0) is 13.9. The fraction of sp³-hybridized carbons (Fsp3) is 0.692. The molecular formula is C13H24N4OS. The number of nitrogens with zero attached hydrogens (tertiary/aromatic N) is 2. The molecule has 0 spiro atoms. The largest absolute Gasteiger partial charge is 0.382 e. The Balaban J connectivity index is 2.36. The van der Waals surface area contributed by atoms with Crippen molar-refractivity contribution in [1.29, 1.82) is 0 Å². The average molecular weight is 284 g/mol. The van der Waals surface area contributed by atoms with Crippen LogP contribution in [0.2, 0.25) is 0 Å². The van der Waals surface area contributed by atoms with Gasteiger partial charge in [-0.1, -0.05) is 0 Å². The highest BCUT2D eigenvalue weighted by Crippen LogP contribution is 2.12. The molecule has 2 N–H and O–H groups in total. The van der Waals surface area contributed by atoms with Crippen molar-refractivity contribution in [3.63, 3.8) is 0 Å². The Morgan fingerprint density at radius 1 is 1.42 bits per heavy atom. The second kappa shape index (κ2) is 9.75. The molecule has 0 aliphatic heterocycles. The van der Waals surface area contributed by atoms with Gasteiger partial charge in [0.15, 0.2) is 5.96 Å². The molecule has 0 aliphatic rings. The van der Waals surface area contributed by atoms with Crippen LogP contribution in [0, 0.1) is 6.92 Å². The van der Waals surface area contributed by atoms with Crippen molar-refractivity contribution in [3.8, 4) is 0 Å². The molecule has 108 valence electrons. The summed E-state index contributed by atoms with van der Waals surface area (Å²) in [4.78, 5) is 10.0. The Morgan fingerprint density at radius 2 is 2.26 bits per heavy atom. The molecule has 1 aromatic rings. The molecule has 0 fully saturated rings. The van der Waals surface area contributed by atoms with Gasteiger partial charge in [0.1, 0.15) is 0 Å². The third-order valence-electron chi connectivity index (χ3n) is 2.53. The van der Waals surface area contributed by atoms with E-state index in [-0.39, 0.29) is 0 Å². The SMILES string of the molecule is CCNC(=NCc1scnc1C)NCCCOCC. The minimum Gasteiger partial charge on any atom is -0.382 e. The molecular weight excluding hydrogens is 260 g/mol. The van der Waals surface area contributed by atoms with E-state index in [0.29, 0.717) is 6.54 Å². The van der Waals surface area contributed by atoms with Gasteiger partial charge in [0.2, 0.25) is 0 Å². The van der Waals surface area contributed by atoms with E-state index >= 15 is 0 Å². The average Bonchev–Trinajstić information content (AvgIpc) is 2.81. The van der Waals surface area contributed by atoms with Crippen molar-refractivity contribution >= 4 is 17.3 Å². The van der Waals surface area contributed by atoms with E-state index < -0.39 is 0 Å². The standard InChI is InChI=1S/C13H24N4OS/c1-4-14-13(15-7-6-8-18-5-2)16-9-12-11(3)17-10-19-12/h10H,4-9H2,1-3H3,(H2,14,15,16). The van der Waals surface area contributed by atoms with Crippen LogP contribution in [0.1, 0.15) is 30.8 Å². The molecule has 0 bridgehead atoms. The van der Waals surface area contributed by atoms with Crippen molar-refractivity contribution in [2.24, 2.45) is 4.99 Å². The van der Waals surface area contributed by atoms with Crippen molar-refractivity contribution in [1.82, 2.24) is 15.6 Å². The van der Waals surface area contributed by atoms with E-state index in [1.165, 1.54) is 4.88 Å². The van der Waals surface area contributed by atoms with Crippen molar-refractivity contribution in [2.45, 2.75) is 33.7 Å². The molecule has 0 atom stereocenters. The number of hydrogen-bond acceptors (Lipinski definition) is 4. The topological polar surface area (TPSA) is 58.5 Å². The van der Waals surface area contributed by atoms with E-state index in [1.807, 2.05) is 19.4 Å². The monoisotopic (exact) mass is 284 g/mol. The maximum absolute atomic E-state index is 5.30. The van der Waals surface area contributed by atoms with E-state index in [1.54, 1.807) is 11.3 Å². The summed E-state index contributed by atoms with van der Waals surface area (Å²) in [5, 5.41) is 6.54. The van der Waals surface area contributed by atoms with E-state index in [2.05, 4.69) is 27.5 Å². The molecule has 0 unspecified atom stereocenters. The fourth-order valence-corrected chi connectivity index (χ4v) is 2.20. The molecule has 0 saturated heterocycles. The van der Waals surface area contributed by atoms with Crippen LogP contribution in [0.25, 0.3) is 0 Å². The Labute approximate surface area is 119 Å². The van der Waals surface area contributed by atoms with E-state index in [9.17, 15) is 0 Å². The maximum Gasteiger partial charge on any atom is 0.191 e. The first-order chi connectivity index (χ1) is 9.27. The number of rotatable bonds is 8. The quantitative estimate of drug-likeness (QED) is 0.435. The number of aryl methyl sites for hydroxylation is 1. The fourth-order valence-electron chi connectivity index (χ4n) is 1.50. The molecule has 5 nitrogen and oxygen atoms in total. The first kappa shape index (κ1) is 15.9. The Kier molecular flexibility index (Phi) is 8.16. The number of aliphatic imine (C=N–C) groups is 1. The van der Waals surface area contributed by atoms with Gasteiger partial charge in [0.25, 0.3) is 0 Å². The van der Waals surface area contributed by atoms with Crippen LogP contribution in [0.3, 0.4) is 0 Å². The zero-order valence-electron chi connectivity index (χ0n) is 12.0. The predicted octanol–water partition coefficient (Wildman–Crippen LogP) is 1.93. The summed E-state index contributed by atoms with van der Waals surface area (Å²) < 4.78 is 5.30. The highest BCUT2D eigenvalue weighted by molar-refractivity contribution is 7.09. The van der Waals surface area contributed by atoms with E-state index in [0.717, 1.165) is 44.4 Å².